The summed E-state index contributed by atoms with van der Waals surface area (Å²) < 4.78 is 5.49. The van der Waals surface area contributed by atoms with Crippen molar-refractivity contribution in [3.05, 3.63) is 63.7 Å². The van der Waals surface area contributed by atoms with Gasteiger partial charge in [-0.05, 0) is 18.2 Å². The maximum absolute atomic E-state index is 10.9. The van der Waals surface area contributed by atoms with Gasteiger partial charge in [0.2, 0.25) is 0 Å². The van der Waals surface area contributed by atoms with Crippen LogP contribution in [0.25, 0.3) is 0 Å². The molecule has 0 aliphatic rings. The van der Waals surface area contributed by atoms with E-state index >= 15 is 0 Å². The number of rotatable bonds is 6. The van der Waals surface area contributed by atoms with E-state index in [1.165, 1.54) is 6.07 Å². The molecule has 0 heterocycles. The van der Waals surface area contributed by atoms with Crippen LogP contribution >= 0.6 is 11.6 Å². The number of ether oxygens (including phenoxy) is 1. The van der Waals surface area contributed by atoms with Crippen LogP contribution < -0.4 is 10.1 Å². The molecule has 0 bridgehead atoms. The van der Waals surface area contributed by atoms with Crippen molar-refractivity contribution in [3.8, 4) is 5.75 Å². The summed E-state index contributed by atoms with van der Waals surface area (Å²) in [6.07, 6.45) is 0. The number of hydrogen-bond donors (Lipinski definition) is 1. The lowest BCUT2D eigenvalue weighted by atomic mass is 10.2. The summed E-state index contributed by atoms with van der Waals surface area (Å²) in [5, 5.41) is 14.2. The van der Waals surface area contributed by atoms with Gasteiger partial charge in [0.1, 0.15) is 18.0 Å². The molecule has 0 aromatic heterocycles. The number of nitrogens with zero attached hydrogens (tertiary/aromatic N) is 1. The summed E-state index contributed by atoms with van der Waals surface area (Å²) in [4.78, 5) is 10.4. The SMILES string of the molecule is O=[N+]([O-])c1cccc(Cl)c1NCCOc1ccccc1. The lowest BCUT2D eigenvalue weighted by Gasteiger charge is -2.10. The average molecular weight is 293 g/mol. The number of benzene rings is 2. The number of nitrogens with one attached hydrogen (secondary N) is 1. The van der Waals surface area contributed by atoms with Gasteiger partial charge < -0.3 is 10.1 Å². The first-order chi connectivity index (χ1) is 9.68. The Bertz CT molecular complexity index is 590. The van der Waals surface area contributed by atoms with Gasteiger partial charge in [0.25, 0.3) is 5.69 Å². The van der Waals surface area contributed by atoms with Crippen LogP contribution in [0.2, 0.25) is 5.02 Å². The van der Waals surface area contributed by atoms with E-state index in [2.05, 4.69) is 5.32 Å². The van der Waals surface area contributed by atoms with Gasteiger partial charge in [-0.1, -0.05) is 35.9 Å². The molecule has 0 radical (unpaired) electrons. The molecule has 0 unspecified atom stereocenters. The first kappa shape index (κ1) is 14.1. The quantitative estimate of drug-likeness (QED) is 0.500. The summed E-state index contributed by atoms with van der Waals surface area (Å²) in [7, 11) is 0. The van der Waals surface area contributed by atoms with Crippen LogP contribution in [0.1, 0.15) is 0 Å². The molecule has 0 aliphatic carbocycles. The molecule has 0 saturated heterocycles. The van der Waals surface area contributed by atoms with Crippen molar-refractivity contribution in [1.82, 2.24) is 0 Å². The molecule has 2 aromatic rings. The predicted molar refractivity (Wildman–Crippen MR) is 78.5 cm³/mol. The molecule has 0 aliphatic heterocycles. The highest BCUT2D eigenvalue weighted by atomic mass is 35.5. The molecule has 0 amide bonds. The second-order valence-electron chi connectivity index (χ2n) is 3.98. The zero-order chi connectivity index (χ0) is 14.4. The third-order valence-corrected chi connectivity index (χ3v) is 2.92. The second kappa shape index (κ2) is 6.77. The molecule has 2 rings (SSSR count). The summed E-state index contributed by atoms with van der Waals surface area (Å²) in [5.74, 6) is 0.753. The molecule has 104 valence electrons. The Morgan fingerprint density at radius 2 is 1.90 bits per heavy atom. The van der Waals surface area contributed by atoms with E-state index in [-0.39, 0.29) is 5.69 Å². The minimum atomic E-state index is -0.466. The van der Waals surface area contributed by atoms with Crippen molar-refractivity contribution in [1.29, 1.82) is 0 Å². The fourth-order valence-electron chi connectivity index (χ4n) is 1.70. The lowest BCUT2D eigenvalue weighted by molar-refractivity contribution is -0.383. The molecule has 0 fully saturated rings. The molecule has 1 N–H and O–H groups in total. The average Bonchev–Trinajstić information content (AvgIpc) is 2.45. The fraction of sp³-hybridized carbons (Fsp3) is 0.143. The van der Waals surface area contributed by atoms with Gasteiger partial charge in [0, 0.05) is 12.6 Å². The number of halogens is 1. The topological polar surface area (TPSA) is 64.4 Å². The van der Waals surface area contributed by atoms with Crippen LogP contribution in [0.4, 0.5) is 11.4 Å². The molecule has 5 nitrogen and oxygen atoms in total. The molecule has 0 atom stereocenters. The van der Waals surface area contributed by atoms with Gasteiger partial charge in [-0.15, -0.1) is 0 Å². The van der Waals surface area contributed by atoms with Crippen molar-refractivity contribution in [3.63, 3.8) is 0 Å². The minimum absolute atomic E-state index is 0.0442. The summed E-state index contributed by atoms with van der Waals surface area (Å²) in [6, 6.07) is 13.9. The van der Waals surface area contributed by atoms with Crippen LogP contribution in [0.15, 0.2) is 48.5 Å². The van der Waals surface area contributed by atoms with Crippen LogP contribution in [-0.4, -0.2) is 18.1 Å². The van der Waals surface area contributed by atoms with Gasteiger partial charge >= 0.3 is 0 Å². The number of para-hydroxylation sites is 2. The van der Waals surface area contributed by atoms with Gasteiger partial charge in [0.15, 0.2) is 0 Å². The molecule has 0 spiro atoms. The highest BCUT2D eigenvalue weighted by Crippen LogP contribution is 2.31. The lowest BCUT2D eigenvalue weighted by Crippen LogP contribution is -2.12. The van der Waals surface area contributed by atoms with Crippen LogP contribution in [0.5, 0.6) is 5.75 Å². The van der Waals surface area contributed by atoms with Crippen molar-refractivity contribution in [2.24, 2.45) is 0 Å². The Morgan fingerprint density at radius 3 is 2.60 bits per heavy atom. The summed E-state index contributed by atoms with van der Waals surface area (Å²) in [6.45, 7) is 0.797. The molecule has 0 saturated carbocycles. The molecular formula is C14H13ClN2O3. The summed E-state index contributed by atoms with van der Waals surface area (Å²) in [5.41, 5.74) is 0.271. The van der Waals surface area contributed by atoms with Crippen LogP contribution in [0.3, 0.4) is 0 Å². The number of anilines is 1. The number of nitro groups is 1. The molecule has 6 heteroatoms. The maximum Gasteiger partial charge on any atom is 0.293 e. The standard InChI is InChI=1S/C14H13ClN2O3/c15-12-7-4-8-13(17(18)19)14(12)16-9-10-20-11-5-2-1-3-6-11/h1-8,16H,9-10H2. The normalized spacial score (nSPS) is 10.1. The van der Waals surface area contributed by atoms with Crippen LogP contribution in [0, 0.1) is 10.1 Å². The largest absolute Gasteiger partial charge is 0.492 e. The van der Waals surface area contributed by atoms with Gasteiger partial charge in [-0.3, -0.25) is 10.1 Å². The third kappa shape index (κ3) is 3.61. The highest BCUT2D eigenvalue weighted by molar-refractivity contribution is 6.33. The fourth-order valence-corrected chi connectivity index (χ4v) is 1.94. The van der Waals surface area contributed by atoms with Gasteiger partial charge in [-0.2, -0.15) is 0 Å². The smallest absolute Gasteiger partial charge is 0.293 e. The van der Waals surface area contributed by atoms with Crippen molar-refractivity contribution >= 4 is 23.0 Å². The molecular weight excluding hydrogens is 280 g/mol. The Hall–Kier alpha value is -2.27. The Balaban J connectivity index is 1.93. The van der Waals surface area contributed by atoms with Crippen molar-refractivity contribution in [2.75, 3.05) is 18.5 Å². The van der Waals surface area contributed by atoms with E-state index in [0.717, 1.165) is 5.75 Å². The predicted octanol–water partition coefficient (Wildman–Crippen LogP) is 3.74. The number of hydrogen-bond acceptors (Lipinski definition) is 4. The van der Waals surface area contributed by atoms with Crippen LogP contribution in [-0.2, 0) is 0 Å². The van der Waals surface area contributed by atoms with E-state index in [1.54, 1.807) is 12.1 Å². The molecule has 2 aromatic carbocycles. The van der Waals surface area contributed by atoms with E-state index in [4.69, 9.17) is 16.3 Å². The zero-order valence-corrected chi connectivity index (χ0v) is 11.3. The molecule has 20 heavy (non-hydrogen) atoms. The summed E-state index contributed by atoms with van der Waals surface area (Å²) >= 11 is 5.96. The third-order valence-electron chi connectivity index (χ3n) is 2.60. The number of nitro benzene ring substituents is 1. The van der Waals surface area contributed by atoms with Crippen molar-refractivity contribution < 1.29 is 9.66 Å². The Morgan fingerprint density at radius 1 is 1.15 bits per heavy atom. The maximum atomic E-state index is 10.9. The second-order valence-corrected chi connectivity index (χ2v) is 4.39. The zero-order valence-electron chi connectivity index (χ0n) is 10.6. The first-order valence-electron chi connectivity index (χ1n) is 6.03. The van der Waals surface area contributed by atoms with E-state index < -0.39 is 4.92 Å². The minimum Gasteiger partial charge on any atom is -0.492 e. The van der Waals surface area contributed by atoms with E-state index in [9.17, 15) is 10.1 Å². The van der Waals surface area contributed by atoms with Gasteiger partial charge in [-0.25, -0.2) is 0 Å². The van der Waals surface area contributed by atoms with E-state index in [1.807, 2.05) is 30.3 Å². The van der Waals surface area contributed by atoms with Crippen molar-refractivity contribution in [2.45, 2.75) is 0 Å². The monoisotopic (exact) mass is 292 g/mol. The first-order valence-corrected chi connectivity index (χ1v) is 6.41. The van der Waals surface area contributed by atoms with Gasteiger partial charge in [0.05, 0.1) is 9.95 Å². The highest BCUT2D eigenvalue weighted by Gasteiger charge is 2.15. The Labute approximate surface area is 121 Å². The van der Waals surface area contributed by atoms with E-state index in [0.29, 0.717) is 23.9 Å². The Kier molecular flexibility index (Phi) is 4.79.